The maximum atomic E-state index is 12.8. The van der Waals surface area contributed by atoms with E-state index in [0.717, 1.165) is 93.8 Å². The van der Waals surface area contributed by atoms with E-state index in [9.17, 15) is 4.79 Å². The van der Waals surface area contributed by atoms with E-state index in [1.807, 2.05) is 12.2 Å². The molecule has 0 saturated heterocycles. The monoisotopic (exact) mass is 758 g/mol. The number of hydrogen-bond acceptors (Lipinski definition) is 2. The van der Waals surface area contributed by atoms with Crippen molar-refractivity contribution in [3.05, 3.63) is 47.0 Å². The number of halogens is 1. The van der Waals surface area contributed by atoms with Crippen molar-refractivity contribution in [2.45, 2.75) is 176 Å². The minimum atomic E-state index is 0.000469. The maximum Gasteiger partial charge on any atom is 0.306 e. The summed E-state index contributed by atoms with van der Waals surface area (Å²) in [5.41, 5.74) is 3.90. The molecule has 0 aromatic carbocycles. The number of fused-ring (bicyclic) bond motifs is 5. The molecule has 282 valence electrons. The second kappa shape index (κ2) is 21.1. The molecular weight excluding hydrogens is 688 g/mol. The Morgan fingerprint density at radius 2 is 1.71 bits per heavy atom. The Morgan fingerprint density at radius 3 is 2.45 bits per heavy atom. The lowest BCUT2D eigenvalue weighted by molar-refractivity contribution is -0.151. The van der Waals surface area contributed by atoms with Gasteiger partial charge in [-0.25, -0.2) is 0 Å². The number of unbranched alkanes of at least 4 members (excludes halogenated alkanes) is 6. The van der Waals surface area contributed by atoms with Gasteiger partial charge in [0, 0.05) is 25.7 Å². The fraction of sp³-hybridized carbons (Fsp3) is 0.729. The van der Waals surface area contributed by atoms with Crippen LogP contribution in [0.4, 0.5) is 0 Å². The zero-order valence-electron chi connectivity index (χ0n) is 33.2. The Bertz CT molecular complexity index is 1340. The van der Waals surface area contributed by atoms with Gasteiger partial charge in [0.25, 0.3) is 0 Å². The molecule has 4 rings (SSSR count). The van der Waals surface area contributed by atoms with Crippen LogP contribution in [0.15, 0.2) is 47.0 Å². The lowest BCUT2D eigenvalue weighted by Crippen LogP contribution is -2.51. The summed E-state index contributed by atoms with van der Waals surface area (Å²) in [6.07, 6.45) is 32.4. The summed E-state index contributed by atoms with van der Waals surface area (Å²) in [5.74, 6) is 17.4. The summed E-state index contributed by atoms with van der Waals surface area (Å²) in [6, 6.07) is 0. The van der Waals surface area contributed by atoms with Crippen molar-refractivity contribution < 1.29 is 9.53 Å². The molecule has 2 nitrogen and oxygen atoms in total. The molecule has 4 aliphatic rings. The Morgan fingerprint density at radius 1 is 0.961 bits per heavy atom. The van der Waals surface area contributed by atoms with Crippen molar-refractivity contribution >= 4 is 21.9 Å². The van der Waals surface area contributed by atoms with Crippen LogP contribution in [-0.4, -0.2) is 12.1 Å². The maximum absolute atomic E-state index is 12.8. The average molecular weight is 760 g/mol. The van der Waals surface area contributed by atoms with E-state index in [4.69, 9.17) is 4.74 Å². The largest absolute Gasteiger partial charge is 0.462 e. The van der Waals surface area contributed by atoms with E-state index >= 15 is 0 Å². The molecule has 3 fully saturated rings. The van der Waals surface area contributed by atoms with Crippen LogP contribution in [0.2, 0.25) is 0 Å². The highest BCUT2D eigenvalue weighted by atomic mass is 79.9. The first-order chi connectivity index (χ1) is 24.7. The molecule has 3 heteroatoms. The van der Waals surface area contributed by atoms with Gasteiger partial charge in [-0.3, -0.25) is 4.79 Å². The van der Waals surface area contributed by atoms with Crippen molar-refractivity contribution in [3.8, 4) is 23.7 Å². The molecule has 0 aromatic heterocycles. The van der Waals surface area contributed by atoms with E-state index in [1.54, 1.807) is 10.6 Å². The molecule has 3 saturated carbocycles. The van der Waals surface area contributed by atoms with E-state index < -0.39 is 0 Å². The average Bonchev–Trinajstić information content (AvgIpc) is 3.48. The highest BCUT2D eigenvalue weighted by molar-refractivity contribution is 9.11. The van der Waals surface area contributed by atoms with Crippen LogP contribution >= 0.6 is 15.9 Å². The number of carbonyl (C=O) groups is 1. The summed E-state index contributed by atoms with van der Waals surface area (Å²) in [5, 5.41) is 0. The Labute approximate surface area is 322 Å². The van der Waals surface area contributed by atoms with Crippen LogP contribution in [0, 0.1) is 70.0 Å². The molecule has 0 bridgehead atoms. The van der Waals surface area contributed by atoms with Gasteiger partial charge in [-0.05, 0) is 166 Å². The molecule has 4 aliphatic carbocycles. The van der Waals surface area contributed by atoms with Crippen LogP contribution in [0.25, 0.3) is 0 Å². The van der Waals surface area contributed by atoms with Gasteiger partial charge in [0.15, 0.2) is 0 Å². The standard InChI is InChI=1S/C48H71BrO2/c1-7-39(8-2)37(3)25-26-38(4)43-29-30-44-42-28-27-40-36-41(31-33-47(40,5)45(42)32-34-48(43,44)6)51-46(50)24-22-20-18-16-14-12-10-9-11-13-15-17-19-21-23-35-49/h9-10,23,27,35,38-39,41-45H,3,7-8,11,13,15-18,20,22,24-26,28-34,36H2,1-2,4-6H3/b10-9+,35-23+/t38-,41+,42+,43-,44+,45+,47+,48-/m1/s1. The molecule has 0 heterocycles. The topological polar surface area (TPSA) is 26.3 Å². The highest BCUT2D eigenvalue weighted by Gasteiger charge is 2.59. The van der Waals surface area contributed by atoms with Gasteiger partial charge < -0.3 is 4.74 Å². The lowest BCUT2D eigenvalue weighted by Gasteiger charge is -2.58. The molecule has 0 aromatic rings. The first-order valence-electron chi connectivity index (χ1n) is 21.1. The second-order valence-corrected chi connectivity index (χ2v) is 17.7. The summed E-state index contributed by atoms with van der Waals surface area (Å²) < 4.78 is 6.10. The smallest absolute Gasteiger partial charge is 0.306 e. The van der Waals surface area contributed by atoms with Gasteiger partial charge in [0.2, 0.25) is 0 Å². The minimum absolute atomic E-state index is 0.000469. The predicted molar refractivity (Wildman–Crippen MR) is 221 cm³/mol. The zero-order chi connectivity index (χ0) is 36.7. The lowest BCUT2D eigenvalue weighted by atomic mass is 9.47. The highest BCUT2D eigenvalue weighted by Crippen LogP contribution is 2.67. The van der Waals surface area contributed by atoms with Gasteiger partial charge in [0.1, 0.15) is 6.10 Å². The third kappa shape index (κ3) is 11.3. The third-order valence-corrected chi connectivity index (χ3v) is 14.5. The number of carbonyl (C=O) groups excluding carboxylic acids is 1. The molecular formula is C48H71BrO2. The Kier molecular flexibility index (Phi) is 17.2. The van der Waals surface area contributed by atoms with Crippen molar-refractivity contribution in [3.63, 3.8) is 0 Å². The molecule has 0 amide bonds. The van der Waals surface area contributed by atoms with Gasteiger partial charge >= 0.3 is 5.97 Å². The summed E-state index contributed by atoms with van der Waals surface area (Å²) in [6.45, 7) is 17.0. The van der Waals surface area contributed by atoms with Crippen LogP contribution in [0.5, 0.6) is 0 Å². The number of ether oxygens (including phenoxy) is 1. The SMILES string of the molecule is C=C(CC[C@@H](C)[C@H]1CC[C@H]2[C@@H]3CC=C4C[C@@H](OC(=O)CCCCCC#C/C=C/CCCCC#C/C=C/Br)CC[C@]4(C)[C@H]3CC[C@]12C)C(CC)CC. The fourth-order valence-electron chi connectivity index (χ4n) is 11.2. The Hall–Kier alpha value is -1.97. The summed E-state index contributed by atoms with van der Waals surface area (Å²) in [4.78, 5) is 14.6. The normalized spacial score (nSPS) is 30.4. The van der Waals surface area contributed by atoms with E-state index in [0.29, 0.717) is 23.2 Å². The van der Waals surface area contributed by atoms with Crippen LogP contribution in [0.3, 0.4) is 0 Å². The number of rotatable bonds is 17. The zero-order valence-corrected chi connectivity index (χ0v) is 34.8. The van der Waals surface area contributed by atoms with Gasteiger partial charge in [0.05, 0.1) is 0 Å². The number of hydrogen-bond donors (Lipinski definition) is 0. The van der Waals surface area contributed by atoms with Crippen LogP contribution in [-0.2, 0) is 9.53 Å². The predicted octanol–water partition coefficient (Wildman–Crippen LogP) is 13.9. The second-order valence-electron chi connectivity index (χ2n) is 17.2. The van der Waals surface area contributed by atoms with Gasteiger partial charge in [-0.15, -0.1) is 0 Å². The molecule has 0 N–H and O–H groups in total. The third-order valence-electron chi connectivity index (χ3n) is 14.3. The van der Waals surface area contributed by atoms with E-state index in [1.165, 1.54) is 69.8 Å². The van der Waals surface area contributed by atoms with E-state index in [-0.39, 0.29) is 12.1 Å². The first kappa shape index (κ1) is 41.8. The van der Waals surface area contributed by atoms with Gasteiger partial charge in [-0.1, -0.05) is 111 Å². The fourth-order valence-corrected chi connectivity index (χ4v) is 11.3. The van der Waals surface area contributed by atoms with Crippen LogP contribution in [0.1, 0.15) is 169 Å². The van der Waals surface area contributed by atoms with Crippen LogP contribution < -0.4 is 0 Å². The molecule has 51 heavy (non-hydrogen) atoms. The van der Waals surface area contributed by atoms with E-state index in [2.05, 4.69) is 93.0 Å². The van der Waals surface area contributed by atoms with Crippen molar-refractivity contribution in [2.24, 2.45) is 46.3 Å². The van der Waals surface area contributed by atoms with Crippen molar-refractivity contribution in [1.29, 1.82) is 0 Å². The summed E-state index contributed by atoms with van der Waals surface area (Å²) in [7, 11) is 0. The van der Waals surface area contributed by atoms with Crippen molar-refractivity contribution in [1.82, 2.24) is 0 Å². The number of esters is 1. The number of allylic oxidation sites excluding steroid dienone is 5. The molecule has 0 unspecified atom stereocenters. The molecule has 0 spiro atoms. The molecule has 8 atom stereocenters. The first-order valence-corrected chi connectivity index (χ1v) is 22.0. The summed E-state index contributed by atoms with van der Waals surface area (Å²) >= 11 is 3.22. The van der Waals surface area contributed by atoms with Gasteiger partial charge in [-0.2, -0.15) is 0 Å². The van der Waals surface area contributed by atoms with Crippen molar-refractivity contribution in [2.75, 3.05) is 0 Å². The quantitative estimate of drug-likeness (QED) is 0.0639. The molecule has 0 radical (unpaired) electrons. The Balaban J connectivity index is 1.15. The molecule has 0 aliphatic heterocycles. The minimum Gasteiger partial charge on any atom is -0.462 e.